The van der Waals surface area contributed by atoms with Gasteiger partial charge in [-0.05, 0) is 26.7 Å². The fraction of sp³-hybridized carbons (Fsp3) is 0.667. The zero-order valence-corrected chi connectivity index (χ0v) is 12.9. The fourth-order valence-corrected chi connectivity index (χ4v) is 2.81. The molecule has 1 aromatic heterocycles. The highest BCUT2D eigenvalue weighted by Crippen LogP contribution is 2.12. The van der Waals surface area contributed by atoms with Gasteiger partial charge < -0.3 is 14.8 Å². The molecule has 0 amide bonds. The molecule has 0 aliphatic rings. The van der Waals surface area contributed by atoms with E-state index in [0.29, 0.717) is 24.5 Å². The van der Waals surface area contributed by atoms with Gasteiger partial charge in [-0.25, -0.2) is 13.1 Å². The highest BCUT2D eigenvalue weighted by Gasteiger charge is 2.16. The second-order valence-corrected chi connectivity index (χ2v) is 6.37. The maximum absolute atomic E-state index is 12.1. The molecule has 2 N–H and O–H groups in total. The van der Waals surface area contributed by atoms with Crippen LogP contribution in [0.2, 0.25) is 0 Å². The van der Waals surface area contributed by atoms with E-state index in [9.17, 15) is 8.42 Å². The van der Waals surface area contributed by atoms with Crippen molar-refractivity contribution in [3.05, 3.63) is 18.0 Å². The Labute approximate surface area is 115 Å². The third-order valence-electron chi connectivity index (χ3n) is 3.08. The Bertz CT molecular complexity index is 496. The maximum Gasteiger partial charge on any atom is 0.242 e. The Balaban J connectivity index is 2.69. The summed E-state index contributed by atoms with van der Waals surface area (Å²) in [7, 11) is 2.23. The Morgan fingerprint density at radius 1 is 1.42 bits per heavy atom. The van der Waals surface area contributed by atoms with Crippen molar-refractivity contribution in [3.8, 4) is 0 Å². The van der Waals surface area contributed by atoms with E-state index in [1.807, 2.05) is 32.6 Å². The molecule has 0 aliphatic heterocycles. The second kappa shape index (κ2) is 7.04. The predicted molar refractivity (Wildman–Crippen MR) is 76.5 cm³/mol. The third kappa shape index (κ3) is 4.61. The van der Waals surface area contributed by atoms with Crippen molar-refractivity contribution in [2.45, 2.75) is 18.4 Å². The molecule has 1 rings (SSSR count). The van der Waals surface area contributed by atoms with Gasteiger partial charge >= 0.3 is 0 Å². The number of sulfonamides is 1. The van der Waals surface area contributed by atoms with Crippen LogP contribution in [0, 0.1) is 0 Å². The molecule has 1 heterocycles. The van der Waals surface area contributed by atoms with Crippen LogP contribution in [-0.4, -0.2) is 51.6 Å². The summed E-state index contributed by atoms with van der Waals surface area (Å²) in [5.41, 5.74) is 0.938. The number of aromatic nitrogens is 1. The number of rotatable bonds is 8. The molecule has 110 valence electrons. The van der Waals surface area contributed by atoms with Gasteiger partial charge in [0.2, 0.25) is 10.0 Å². The van der Waals surface area contributed by atoms with E-state index in [1.165, 1.54) is 0 Å². The van der Waals surface area contributed by atoms with Gasteiger partial charge in [-0.2, -0.15) is 0 Å². The van der Waals surface area contributed by atoms with Gasteiger partial charge in [-0.3, -0.25) is 0 Å². The van der Waals surface area contributed by atoms with E-state index < -0.39 is 10.0 Å². The van der Waals surface area contributed by atoms with Crippen molar-refractivity contribution in [3.63, 3.8) is 0 Å². The number of nitrogens with one attached hydrogen (secondary N) is 2. The SMILES string of the molecule is CCN(C)CCNS(=O)(=O)c1cc(CNC)n(C)c1. The van der Waals surface area contributed by atoms with Gasteiger partial charge in [0.1, 0.15) is 0 Å². The lowest BCUT2D eigenvalue weighted by atomic mass is 10.4. The standard InChI is InChI=1S/C12H24N4O2S/c1-5-15(3)7-6-14-19(17,18)12-8-11(9-13-2)16(4)10-12/h8,10,13-14H,5-7,9H2,1-4H3. The number of nitrogens with zero attached hydrogens (tertiary/aromatic N) is 2. The van der Waals surface area contributed by atoms with Crippen molar-refractivity contribution in [2.24, 2.45) is 7.05 Å². The van der Waals surface area contributed by atoms with Crippen molar-refractivity contribution in [2.75, 3.05) is 33.7 Å². The first kappa shape index (κ1) is 16.2. The predicted octanol–water partition coefficient (Wildman–Crippen LogP) is -0.0255. The second-order valence-electron chi connectivity index (χ2n) is 4.60. The summed E-state index contributed by atoms with van der Waals surface area (Å²) in [6.45, 7) is 4.70. The molecule has 0 fully saturated rings. The van der Waals surface area contributed by atoms with Crippen LogP contribution in [0.1, 0.15) is 12.6 Å². The summed E-state index contributed by atoms with van der Waals surface area (Å²) in [5.74, 6) is 0. The minimum absolute atomic E-state index is 0.319. The smallest absolute Gasteiger partial charge is 0.242 e. The largest absolute Gasteiger partial charge is 0.352 e. The van der Waals surface area contributed by atoms with E-state index in [-0.39, 0.29) is 0 Å². The molecule has 6 nitrogen and oxygen atoms in total. The van der Waals surface area contributed by atoms with Crippen molar-refractivity contribution >= 4 is 10.0 Å². The fourth-order valence-electron chi connectivity index (χ4n) is 1.69. The lowest BCUT2D eigenvalue weighted by molar-refractivity contribution is 0.358. The van der Waals surface area contributed by atoms with Crippen LogP contribution in [0.15, 0.2) is 17.2 Å². The third-order valence-corrected chi connectivity index (χ3v) is 4.50. The first-order chi connectivity index (χ1) is 8.90. The summed E-state index contributed by atoms with van der Waals surface area (Å²) in [6.07, 6.45) is 1.64. The lowest BCUT2D eigenvalue weighted by Crippen LogP contribution is -2.32. The molecule has 0 bridgehead atoms. The van der Waals surface area contributed by atoms with E-state index in [0.717, 1.165) is 12.2 Å². The number of aryl methyl sites for hydroxylation is 1. The average Bonchev–Trinajstić information content (AvgIpc) is 2.72. The number of likely N-dealkylation sites (N-methyl/N-ethyl adjacent to an activating group) is 1. The molecule has 1 aromatic rings. The molecule has 0 atom stereocenters. The van der Waals surface area contributed by atoms with Crippen LogP contribution in [0.4, 0.5) is 0 Å². The first-order valence-corrected chi connectivity index (χ1v) is 7.87. The minimum Gasteiger partial charge on any atom is -0.352 e. The molecule has 0 unspecified atom stereocenters. The first-order valence-electron chi connectivity index (χ1n) is 6.38. The quantitative estimate of drug-likeness (QED) is 0.705. The molecular weight excluding hydrogens is 264 g/mol. The van der Waals surface area contributed by atoms with Crippen LogP contribution >= 0.6 is 0 Å². The van der Waals surface area contributed by atoms with Crippen LogP contribution in [0.3, 0.4) is 0 Å². The molecule has 0 spiro atoms. The Kier molecular flexibility index (Phi) is 5.99. The van der Waals surface area contributed by atoms with E-state index in [1.54, 1.807) is 12.3 Å². The summed E-state index contributed by atoms with van der Waals surface area (Å²) in [5, 5.41) is 3.01. The summed E-state index contributed by atoms with van der Waals surface area (Å²) in [6, 6.07) is 1.70. The molecule has 0 saturated carbocycles. The molecule has 7 heteroatoms. The van der Waals surface area contributed by atoms with Crippen LogP contribution in [0.5, 0.6) is 0 Å². The maximum atomic E-state index is 12.1. The van der Waals surface area contributed by atoms with E-state index in [2.05, 4.69) is 14.9 Å². The molecule has 0 radical (unpaired) electrons. The molecular formula is C12H24N4O2S. The molecule has 19 heavy (non-hydrogen) atoms. The Morgan fingerprint density at radius 3 is 2.68 bits per heavy atom. The number of hydrogen-bond donors (Lipinski definition) is 2. The molecule has 0 aliphatic carbocycles. The van der Waals surface area contributed by atoms with Gasteiger partial charge in [0.25, 0.3) is 0 Å². The van der Waals surface area contributed by atoms with Gasteiger partial charge in [-0.15, -0.1) is 0 Å². The monoisotopic (exact) mass is 288 g/mol. The molecule has 0 saturated heterocycles. The van der Waals surface area contributed by atoms with Crippen molar-refractivity contribution in [1.29, 1.82) is 0 Å². The summed E-state index contributed by atoms with van der Waals surface area (Å²) >= 11 is 0. The van der Waals surface area contributed by atoms with Crippen molar-refractivity contribution < 1.29 is 8.42 Å². The Hall–Kier alpha value is -0.890. The zero-order chi connectivity index (χ0) is 14.5. The normalized spacial score (nSPS) is 12.3. The van der Waals surface area contributed by atoms with Crippen LogP contribution in [0.25, 0.3) is 0 Å². The van der Waals surface area contributed by atoms with E-state index in [4.69, 9.17) is 0 Å². The van der Waals surface area contributed by atoms with Gasteiger partial charge in [-0.1, -0.05) is 6.92 Å². The van der Waals surface area contributed by atoms with Crippen LogP contribution in [-0.2, 0) is 23.6 Å². The average molecular weight is 288 g/mol. The van der Waals surface area contributed by atoms with E-state index >= 15 is 0 Å². The summed E-state index contributed by atoms with van der Waals surface area (Å²) < 4.78 is 28.7. The lowest BCUT2D eigenvalue weighted by Gasteiger charge is -2.13. The highest BCUT2D eigenvalue weighted by molar-refractivity contribution is 7.89. The van der Waals surface area contributed by atoms with Gasteiger partial charge in [0.05, 0.1) is 4.90 Å². The van der Waals surface area contributed by atoms with Gasteiger partial charge in [0.15, 0.2) is 0 Å². The van der Waals surface area contributed by atoms with Crippen LogP contribution < -0.4 is 10.0 Å². The molecule has 0 aromatic carbocycles. The highest BCUT2D eigenvalue weighted by atomic mass is 32.2. The Morgan fingerprint density at radius 2 is 2.11 bits per heavy atom. The minimum atomic E-state index is -3.41. The number of hydrogen-bond acceptors (Lipinski definition) is 4. The van der Waals surface area contributed by atoms with Crippen molar-refractivity contribution in [1.82, 2.24) is 19.5 Å². The topological polar surface area (TPSA) is 66.4 Å². The summed E-state index contributed by atoms with van der Waals surface area (Å²) in [4.78, 5) is 2.37. The zero-order valence-electron chi connectivity index (χ0n) is 12.1. The van der Waals surface area contributed by atoms with Gasteiger partial charge in [0, 0.05) is 38.6 Å².